The van der Waals surface area contributed by atoms with Crippen LogP contribution in [0.15, 0.2) is 24.3 Å². The number of amides is 1. The van der Waals surface area contributed by atoms with Gasteiger partial charge in [-0.05, 0) is 44.5 Å². The first-order chi connectivity index (χ1) is 11.8. The monoisotopic (exact) mass is 345 g/mol. The normalized spacial score (nSPS) is 10.9. The Hall–Kier alpha value is -2.96. The van der Waals surface area contributed by atoms with Crippen LogP contribution in [0, 0.1) is 26.6 Å². The number of nitrogens with one attached hydrogen (secondary N) is 1. The largest absolute Gasteiger partial charge is 0.452 e. The number of rotatable bonds is 5. The number of carbonyl (C=O) groups excluding carboxylic acids is 2. The van der Waals surface area contributed by atoms with E-state index in [0.717, 1.165) is 17.0 Å². The number of carbonyl (C=O) groups is 2. The predicted octanol–water partition coefficient (Wildman–Crippen LogP) is 2.68. The Morgan fingerprint density at radius 1 is 1.32 bits per heavy atom. The van der Waals surface area contributed by atoms with Crippen molar-refractivity contribution in [3.05, 3.63) is 52.6 Å². The van der Waals surface area contributed by atoms with Gasteiger partial charge < -0.3 is 10.1 Å². The second-order valence-corrected chi connectivity index (χ2v) is 5.66. The van der Waals surface area contributed by atoms with Gasteiger partial charge in [0.1, 0.15) is 5.82 Å². The number of aromatic nitrogens is 2. The van der Waals surface area contributed by atoms with E-state index in [9.17, 15) is 14.0 Å². The smallest absolute Gasteiger partial charge is 0.331 e. The molecule has 0 saturated heterocycles. The van der Waals surface area contributed by atoms with E-state index in [1.54, 1.807) is 29.8 Å². The molecule has 0 fully saturated rings. The molecule has 132 valence electrons. The maximum Gasteiger partial charge on any atom is 0.331 e. The standard InChI is InChI=1S/C18H20FN3O3/c1-11-5-6-14(9-16(11)19)20-17(23)10-25-18(24)8-7-15-12(2)21-22(4)13(15)3/h5-9H,10H2,1-4H3,(H,20,23)/b8-7+. The molecule has 1 aromatic carbocycles. The molecule has 1 aromatic heterocycles. The van der Waals surface area contributed by atoms with Gasteiger partial charge in [-0.25, -0.2) is 9.18 Å². The van der Waals surface area contributed by atoms with Gasteiger partial charge in [-0.1, -0.05) is 6.07 Å². The van der Waals surface area contributed by atoms with E-state index in [2.05, 4.69) is 10.4 Å². The fourth-order valence-corrected chi connectivity index (χ4v) is 2.24. The SMILES string of the molecule is Cc1ccc(NC(=O)COC(=O)/C=C/c2c(C)nn(C)c2C)cc1F. The van der Waals surface area contributed by atoms with E-state index in [4.69, 9.17) is 4.74 Å². The Balaban J connectivity index is 1.87. The van der Waals surface area contributed by atoms with E-state index in [1.807, 2.05) is 20.9 Å². The summed E-state index contributed by atoms with van der Waals surface area (Å²) in [6, 6.07) is 4.34. The Bertz CT molecular complexity index is 840. The molecule has 0 aliphatic rings. The van der Waals surface area contributed by atoms with Crippen molar-refractivity contribution in [2.24, 2.45) is 7.05 Å². The number of ether oxygens (including phenoxy) is 1. The van der Waals surface area contributed by atoms with Crippen molar-refractivity contribution < 1.29 is 18.7 Å². The number of anilines is 1. The molecule has 0 saturated carbocycles. The number of nitrogens with zero attached hydrogens (tertiary/aromatic N) is 2. The summed E-state index contributed by atoms with van der Waals surface area (Å²) >= 11 is 0. The lowest BCUT2D eigenvalue weighted by Gasteiger charge is -2.06. The molecule has 2 aromatic rings. The summed E-state index contributed by atoms with van der Waals surface area (Å²) in [6.45, 7) is 4.90. The Morgan fingerprint density at radius 2 is 2.04 bits per heavy atom. The van der Waals surface area contributed by atoms with Crippen LogP contribution in [0.1, 0.15) is 22.5 Å². The molecular weight excluding hydrogens is 325 g/mol. The highest BCUT2D eigenvalue weighted by molar-refractivity contribution is 5.94. The van der Waals surface area contributed by atoms with Crippen LogP contribution in [-0.4, -0.2) is 28.3 Å². The van der Waals surface area contributed by atoms with Crippen molar-refractivity contribution >= 4 is 23.6 Å². The Labute approximate surface area is 145 Å². The lowest BCUT2D eigenvalue weighted by molar-refractivity contribution is -0.142. The number of benzene rings is 1. The van der Waals surface area contributed by atoms with Crippen LogP contribution < -0.4 is 5.32 Å². The summed E-state index contributed by atoms with van der Waals surface area (Å²) in [7, 11) is 1.82. The number of hydrogen-bond acceptors (Lipinski definition) is 4. The van der Waals surface area contributed by atoms with Crippen molar-refractivity contribution in [1.29, 1.82) is 0 Å². The molecule has 0 radical (unpaired) electrons. The van der Waals surface area contributed by atoms with Gasteiger partial charge in [0.05, 0.1) is 5.69 Å². The van der Waals surface area contributed by atoms with Crippen molar-refractivity contribution in [3.63, 3.8) is 0 Å². The zero-order valence-corrected chi connectivity index (χ0v) is 14.6. The second kappa shape index (κ2) is 7.74. The van der Waals surface area contributed by atoms with Gasteiger partial charge >= 0.3 is 5.97 Å². The van der Waals surface area contributed by atoms with E-state index in [1.165, 1.54) is 12.1 Å². The van der Waals surface area contributed by atoms with Crippen LogP contribution in [0.4, 0.5) is 10.1 Å². The molecule has 0 aliphatic carbocycles. The van der Waals surface area contributed by atoms with Gasteiger partial charge in [0.15, 0.2) is 6.61 Å². The average Bonchev–Trinajstić information content (AvgIpc) is 2.79. The van der Waals surface area contributed by atoms with Gasteiger partial charge in [-0.2, -0.15) is 5.10 Å². The third-order valence-corrected chi connectivity index (χ3v) is 3.75. The minimum absolute atomic E-state index is 0.307. The van der Waals surface area contributed by atoms with Crippen LogP contribution in [0.3, 0.4) is 0 Å². The van der Waals surface area contributed by atoms with Gasteiger partial charge in [0, 0.05) is 30.1 Å². The van der Waals surface area contributed by atoms with Gasteiger partial charge in [0.25, 0.3) is 5.91 Å². The minimum Gasteiger partial charge on any atom is -0.452 e. The summed E-state index contributed by atoms with van der Waals surface area (Å²) in [6.07, 6.45) is 2.85. The molecule has 2 rings (SSSR count). The second-order valence-electron chi connectivity index (χ2n) is 5.66. The fraction of sp³-hybridized carbons (Fsp3) is 0.278. The van der Waals surface area contributed by atoms with Crippen LogP contribution >= 0.6 is 0 Å². The first-order valence-corrected chi connectivity index (χ1v) is 7.69. The first-order valence-electron chi connectivity index (χ1n) is 7.69. The van der Waals surface area contributed by atoms with E-state index >= 15 is 0 Å². The topological polar surface area (TPSA) is 73.2 Å². The molecule has 1 heterocycles. The molecule has 0 spiro atoms. The molecule has 6 nitrogen and oxygen atoms in total. The summed E-state index contributed by atoms with van der Waals surface area (Å²) in [4.78, 5) is 23.5. The highest BCUT2D eigenvalue weighted by Gasteiger charge is 2.09. The fourth-order valence-electron chi connectivity index (χ4n) is 2.24. The predicted molar refractivity (Wildman–Crippen MR) is 92.4 cm³/mol. The summed E-state index contributed by atoms with van der Waals surface area (Å²) < 4.78 is 20.0. The van der Waals surface area contributed by atoms with Crippen LogP contribution in [0.5, 0.6) is 0 Å². The van der Waals surface area contributed by atoms with Crippen molar-refractivity contribution in [2.75, 3.05) is 11.9 Å². The molecule has 0 bridgehead atoms. The molecule has 0 aliphatic heterocycles. The maximum atomic E-state index is 13.4. The molecule has 1 amide bonds. The Morgan fingerprint density at radius 3 is 2.64 bits per heavy atom. The minimum atomic E-state index is -0.645. The third-order valence-electron chi connectivity index (χ3n) is 3.75. The lowest BCUT2D eigenvalue weighted by atomic mass is 10.2. The van der Waals surface area contributed by atoms with Gasteiger partial charge in [-0.3, -0.25) is 9.48 Å². The molecule has 0 unspecified atom stereocenters. The molecule has 7 heteroatoms. The van der Waals surface area contributed by atoms with Crippen LogP contribution in [-0.2, 0) is 21.4 Å². The number of esters is 1. The molecule has 1 N–H and O–H groups in total. The number of aryl methyl sites for hydroxylation is 3. The number of halogens is 1. The van der Waals surface area contributed by atoms with E-state index < -0.39 is 24.3 Å². The van der Waals surface area contributed by atoms with Crippen molar-refractivity contribution in [2.45, 2.75) is 20.8 Å². The summed E-state index contributed by atoms with van der Waals surface area (Å²) in [5.74, 6) is -1.61. The Kier molecular flexibility index (Phi) is 5.69. The zero-order chi connectivity index (χ0) is 18.6. The lowest BCUT2D eigenvalue weighted by Crippen LogP contribution is -2.20. The van der Waals surface area contributed by atoms with E-state index in [0.29, 0.717) is 11.3 Å². The highest BCUT2D eigenvalue weighted by Crippen LogP contribution is 2.14. The zero-order valence-electron chi connectivity index (χ0n) is 14.6. The quantitative estimate of drug-likeness (QED) is 0.668. The van der Waals surface area contributed by atoms with Crippen molar-refractivity contribution in [3.8, 4) is 0 Å². The molecule has 0 atom stereocenters. The highest BCUT2D eigenvalue weighted by atomic mass is 19.1. The maximum absolute atomic E-state index is 13.4. The van der Waals surface area contributed by atoms with E-state index in [-0.39, 0.29) is 0 Å². The third kappa shape index (κ3) is 4.76. The average molecular weight is 345 g/mol. The van der Waals surface area contributed by atoms with Crippen LogP contribution in [0.2, 0.25) is 0 Å². The summed E-state index contributed by atoms with van der Waals surface area (Å²) in [5.41, 5.74) is 3.33. The van der Waals surface area contributed by atoms with Crippen molar-refractivity contribution in [1.82, 2.24) is 9.78 Å². The van der Waals surface area contributed by atoms with Crippen LogP contribution in [0.25, 0.3) is 6.08 Å². The first kappa shape index (κ1) is 18.4. The molecule has 25 heavy (non-hydrogen) atoms. The summed E-state index contributed by atoms with van der Waals surface area (Å²) in [5, 5.41) is 6.71. The van der Waals surface area contributed by atoms with Gasteiger partial charge in [-0.15, -0.1) is 0 Å². The van der Waals surface area contributed by atoms with Gasteiger partial charge in [0.2, 0.25) is 0 Å². The molecular formula is C18H20FN3O3. The number of hydrogen-bond donors (Lipinski definition) is 1.